The number of ether oxygens (including phenoxy) is 2. The van der Waals surface area contributed by atoms with Crippen LogP contribution >= 0.6 is 0 Å². The van der Waals surface area contributed by atoms with Crippen LogP contribution in [-0.2, 0) is 4.79 Å². The number of rotatable bonds is 6. The summed E-state index contributed by atoms with van der Waals surface area (Å²) in [4.78, 5) is 13.8. The molecule has 0 aliphatic carbocycles. The number of nitrogens with zero attached hydrogens (tertiary/aromatic N) is 1. The predicted molar refractivity (Wildman–Crippen MR) is 76.9 cm³/mol. The average molecular weight is 266 g/mol. The number of carbonyl (C=O) groups is 1. The Kier molecular flexibility index (Phi) is 5.48. The summed E-state index contributed by atoms with van der Waals surface area (Å²) >= 11 is 0. The van der Waals surface area contributed by atoms with Crippen LogP contribution in [0.2, 0.25) is 0 Å². The Bertz CT molecular complexity index is 447. The molecular weight excluding hydrogens is 244 g/mol. The number of hydrogen-bond acceptors (Lipinski definition) is 4. The first-order chi connectivity index (χ1) is 9.08. The number of methoxy groups -OCH3 is 2. The smallest absolute Gasteiger partial charge is 0.226 e. The molecule has 0 radical (unpaired) electrons. The average Bonchev–Trinajstić information content (AvgIpc) is 2.43. The van der Waals surface area contributed by atoms with Gasteiger partial charge >= 0.3 is 0 Å². The summed E-state index contributed by atoms with van der Waals surface area (Å²) in [5.41, 5.74) is 7.04. The van der Waals surface area contributed by atoms with Gasteiger partial charge in [-0.3, -0.25) is 4.79 Å². The molecule has 0 spiro atoms. The zero-order valence-electron chi connectivity index (χ0n) is 12.0. The standard InChI is InChI=1S/C14H22N2O3/c1-5-7-16(14(17)6-2)11-9-12(18-3)10(15)8-13(11)19-4/h8-9H,5-7,15H2,1-4H3. The number of benzene rings is 1. The Morgan fingerprint density at radius 2 is 1.84 bits per heavy atom. The lowest BCUT2D eigenvalue weighted by molar-refractivity contribution is -0.118. The van der Waals surface area contributed by atoms with Gasteiger partial charge in [-0.25, -0.2) is 0 Å². The fourth-order valence-corrected chi connectivity index (χ4v) is 1.91. The highest BCUT2D eigenvalue weighted by molar-refractivity contribution is 5.95. The third kappa shape index (κ3) is 3.30. The molecule has 0 fully saturated rings. The molecule has 0 heterocycles. The highest BCUT2D eigenvalue weighted by Gasteiger charge is 2.19. The highest BCUT2D eigenvalue weighted by Crippen LogP contribution is 2.37. The minimum absolute atomic E-state index is 0.0481. The molecule has 0 aliphatic heterocycles. The van der Waals surface area contributed by atoms with Crippen molar-refractivity contribution in [3.8, 4) is 11.5 Å². The SMILES string of the molecule is CCCN(C(=O)CC)c1cc(OC)c(N)cc1OC. The molecule has 1 aromatic carbocycles. The monoisotopic (exact) mass is 266 g/mol. The van der Waals surface area contributed by atoms with Crippen LogP contribution in [0.3, 0.4) is 0 Å². The molecule has 5 nitrogen and oxygen atoms in total. The second-order valence-electron chi connectivity index (χ2n) is 4.16. The molecule has 0 saturated carbocycles. The van der Waals surface area contributed by atoms with E-state index in [0.717, 1.165) is 6.42 Å². The van der Waals surface area contributed by atoms with E-state index in [-0.39, 0.29) is 5.91 Å². The van der Waals surface area contributed by atoms with Crippen LogP contribution in [0.5, 0.6) is 11.5 Å². The van der Waals surface area contributed by atoms with Crippen molar-refractivity contribution < 1.29 is 14.3 Å². The van der Waals surface area contributed by atoms with Gasteiger partial charge in [-0.05, 0) is 6.42 Å². The van der Waals surface area contributed by atoms with Gasteiger partial charge in [0.15, 0.2) is 0 Å². The van der Waals surface area contributed by atoms with Crippen LogP contribution in [-0.4, -0.2) is 26.7 Å². The van der Waals surface area contributed by atoms with Crippen molar-refractivity contribution in [2.75, 3.05) is 31.4 Å². The molecule has 1 amide bonds. The number of anilines is 2. The molecule has 2 N–H and O–H groups in total. The van der Waals surface area contributed by atoms with E-state index < -0.39 is 0 Å². The normalized spacial score (nSPS) is 10.1. The number of nitrogens with two attached hydrogens (primary N) is 1. The Morgan fingerprint density at radius 1 is 1.21 bits per heavy atom. The summed E-state index contributed by atoms with van der Waals surface area (Å²) in [6.07, 6.45) is 1.30. The van der Waals surface area contributed by atoms with Crippen LogP contribution < -0.4 is 20.1 Å². The van der Waals surface area contributed by atoms with E-state index in [9.17, 15) is 4.79 Å². The highest BCUT2D eigenvalue weighted by atomic mass is 16.5. The quantitative estimate of drug-likeness (QED) is 0.803. The predicted octanol–water partition coefficient (Wildman–Crippen LogP) is 2.44. The van der Waals surface area contributed by atoms with Gasteiger partial charge in [0.1, 0.15) is 11.5 Å². The Hall–Kier alpha value is -1.91. The molecular formula is C14H22N2O3. The molecule has 0 bridgehead atoms. The molecule has 5 heteroatoms. The van der Waals surface area contributed by atoms with Gasteiger partial charge in [0.25, 0.3) is 0 Å². The van der Waals surface area contributed by atoms with E-state index >= 15 is 0 Å². The molecule has 1 rings (SSSR count). The van der Waals surface area contributed by atoms with Crippen LogP contribution in [0.4, 0.5) is 11.4 Å². The summed E-state index contributed by atoms with van der Waals surface area (Å²) in [5.74, 6) is 1.17. The van der Waals surface area contributed by atoms with Crippen molar-refractivity contribution in [3.63, 3.8) is 0 Å². The van der Waals surface area contributed by atoms with Crippen LogP contribution in [0.25, 0.3) is 0 Å². The lowest BCUT2D eigenvalue weighted by atomic mass is 10.2. The second kappa shape index (κ2) is 6.87. The first-order valence-corrected chi connectivity index (χ1v) is 6.40. The third-order valence-electron chi connectivity index (χ3n) is 2.87. The maximum absolute atomic E-state index is 12.1. The largest absolute Gasteiger partial charge is 0.495 e. The van der Waals surface area contributed by atoms with E-state index in [1.54, 1.807) is 31.3 Å². The Balaban J connectivity index is 3.30. The van der Waals surface area contributed by atoms with Crippen molar-refractivity contribution >= 4 is 17.3 Å². The van der Waals surface area contributed by atoms with Crippen molar-refractivity contribution in [1.82, 2.24) is 0 Å². The fraction of sp³-hybridized carbons (Fsp3) is 0.500. The van der Waals surface area contributed by atoms with Crippen molar-refractivity contribution in [1.29, 1.82) is 0 Å². The summed E-state index contributed by atoms with van der Waals surface area (Å²) in [6, 6.07) is 3.43. The van der Waals surface area contributed by atoms with Crippen molar-refractivity contribution in [2.24, 2.45) is 0 Å². The summed E-state index contributed by atoms with van der Waals surface area (Å²) in [7, 11) is 3.11. The second-order valence-corrected chi connectivity index (χ2v) is 4.16. The molecule has 0 saturated heterocycles. The van der Waals surface area contributed by atoms with E-state index in [1.807, 2.05) is 13.8 Å². The molecule has 19 heavy (non-hydrogen) atoms. The minimum Gasteiger partial charge on any atom is -0.495 e. The Morgan fingerprint density at radius 3 is 2.32 bits per heavy atom. The molecule has 0 aromatic heterocycles. The summed E-state index contributed by atoms with van der Waals surface area (Å²) < 4.78 is 10.5. The van der Waals surface area contributed by atoms with Gasteiger partial charge in [0.2, 0.25) is 5.91 Å². The number of amides is 1. The lowest BCUT2D eigenvalue weighted by Gasteiger charge is -2.24. The van der Waals surface area contributed by atoms with Gasteiger partial charge in [0, 0.05) is 25.1 Å². The Labute approximate surface area is 114 Å². The van der Waals surface area contributed by atoms with Gasteiger partial charge in [0.05, 0.1) is 25.6 Å². The first kappa shape index (κ1) is 15.1. The number of nitrogen functional groups attached to an aromatic ring is 1. The molecule has 0 aliphatic rings. The number of hydrogen-bond donors (Lipinski definition) is 1. The molecule has 1 aromatic rings. The van der Waals surface area contributed by atoms with Crippen LogP contribution in [0.15, 0.2) is 12.1 Å². The molecule has 0 unspecified atom stereocenters. The topological polar surface area (TPSA) is 64.8 Å². The maximum Gasteiger partial charge on any atom is 0.226 e. The first-order valence-electron chi connectivity index (χ1n) is 6.40. The third-order valence-corrected chi connectivity index (χ3v) is 2.87. The lowest BCUT2D eigenvalue weighted by Crippen LogP contribution is -2.31. The van der Waals surface area contributed by atoms with Gasteiger partial charge in [-0.15, -0.1) is 0 Å². The van der Waals surface area contributed by atoms with Gasteiger partial charge in [-0.1, -0.05) is 13.8 Å². The van der Waals surface area contributed by atoms with Crippen LogP contribution in [0, 0.1) is 0 Å². The molecule has 0 atom stereocenters. The van der Waals surface area contributed by atoms with E-state index in [0.29, 0.717) is 35.8 Å². The van der Waals surface area contributed by atoms with Crippen LogP contribution in [0.1, 0.15) is 26.7 Å². The van der Waals surface area contributed by atoms with Crippen molar-refractivity contribution in [3.05, 3.63) is 12.1 Å². The fourth-order valence-electron chi connectivity index (χ4n) is 1.91. The van der Waals surface area contributed by atoms with E-state index in [2.05, 4.69) is 0 Å². The van der Waals surface area contributed by atoms with Gasteiger partial charge in [-0.2, -0.15) is 0 Å². The molecule has 106 valence electrons. The summed E-state index contributed by atoms with van der Waals surface area (Å²) in [5, 5.41) is 0. The van der Waals surface area contributed by atoms with Crippen molar-refractivity contribution in [2.45, 2.75) is 26.7 Å². The summed E-state index contributed by atoms with van der Waals surface area (Å²) in [6.45, 7) is 4.50. The zero-order chi connectivity index (χ0) is 14.4. The number of carbonyl (C=O) groups excluding carboxylic acids is 1. The van der Waals surface area contributed by atoms with E-state index in [1.165, 1.54) is 0 Å². The van der Waals surface area contributed by atoms with E-state index in [4.69, 9.17) is 15.2 Å². The zero-order valence-corrected chi connectivity index (χ0v) is 12.0. The van der Waals surface area contributed by atoms with Gasteiger partial charge < -0.3 is 20.1 Å². The minimum atomic E-state index is 0.0481. The maximum atomic E-state index is 12.1.